The van der Waals surface area contributed by atoms with Crippen molar-refractivity contribution in [2.24, 2.45) is 0 Å². The lowest BCUT2D eigenvalue weighted by Gasteiger charge is -2.31. The van der Waals surface area contributed by atoms with Crippen molar-refractivity contribution in [1.82, 2.24) is 5.32 Å². The highest BCUT2D eigenvalue weighted by molar-refractivity contribution is 5.80. The number of quaternary nitrogens is 1. The van der Waals surface area contributed by atoms with Gasteiger partial charge < -0.3 is 25.2 Å². The van der Waals surface area contributed by atoms with Gasteiger partial charge in [0.1, 0.15) is 13.2 Å². The molecule has 0 fully saturated rings. The van der Waals surface area contributed by atoms with Crippen molar-refractivity contribution >= 4 is 5.91 Å². The molecule has 22 heavy (non-hydrogen) atoms. The molecule has 1 aliphatic rings. The number of hydrogen-bond acceptors (Lipinski definition) is 4. The lowest BCUT2D eigenvalue weighted by atomic mass is 10.1. The predicted molar refractivity (Wildman–Crippen MR) is 81.9 cm³/mol. The number of hydrogen-bond donors (Lipinski definition) is 3. The lowest BCUT2D eigenvalue weighted by molar-refractivity contribution is -0.686. The number of aliphatic hydroxyl groups excluding tert-OH is 1. The van der Waals surface area contributed by atoms with Crippen molar-refractivity contribution < 1.29 is 24.7 Å². The molecule has 6 heteroatoms. The number of rotatable bonds is 6. The monoisotopic (exact) mass is 309 g/mol. The first-order valence-electron chi connectivity index (χ1n) is 7.67. The zero-order valence-electron chi connectivity index (χ0n) is 13.3. The molecule has 0 spiro atoms. The molecular weight excluding hydrogens is 284 g/mol. The van der Waals surface area contributed by atoms with Crippen LogP contribution < -0.4 is 20.1 Å². The first-order valence-corrected chi connectivity index (χ1v) is 7.67. The topological polar surface area (TPSA) is 84.4 Å². The summed E-state index contributed by atoms with van der Waals surface area (Å²) >= 11 is 0. The fourth-order valence-corrected chi connectivity index (χ4v) is 2.20. The Balaban J connectivity index is 1.85. The number of amides is 1. The van der Waals surface area contributed by atoms with Crippen LogP contribution in [0.1, 0.15) is 20.8 Å². The Morgan fingerprint density at radius 3 is 2.73 bits per heavy atom. The lowest BCUT2D eigenvalue weighted by Crippen LogP contribution is -2.91. The molecule has 2 rings (SSSR count). The first-order chi connectivity index (χ1) is 10.5. The Hall–Kier alpha value is -1.79. The highest BCUT2D eigenvalue weighted by Crippen LogP contribution is 2.31. The van der Waals surface area contributed by atoms with Gasteiger partial charge in [0.2, 0.25) is 0 Å². The molecular formula is C16H25N2O4+. The Kier molecular flexibility index (Phi) is 5.63. The van der Waals surface area contributed by atoms with Crippen LogP contribution in [0.5, 0.6) is 11.5 Å². The normalized spacial score (nSPS) is 19.6. The molecule has 0 bridgehead atoms. The number of nitrogens with one attached hydrogen (secondary N) is 1. The van der Waals surface area contributed by atoms with Gasteiger partial charge in [0.05, 0.1) is 12.1 Å². The zero-order chi connectivity index (χ0) is 16.1. The molecule has 122 valence electrons. The van der Waals surface area contributed by atoms with Crippen LogP contribution >= 0.6 is 0 Å². The molecule has 0 saturated carbocycles. The molecule has 1 amide bonds. The van der Waals surface area contributed by atoms with E-state index in [0.29, 0.717) is 30.7 Å². The van der Waals surface area contributed by atoms with E-state index in [2.05, 4.69) is 5.32 Å². The molecule has 0 radical (unpaired) electrons. The highest BCUT2D eigenvalue weighted by Gasteiger charge is 2.29. The maximum Gasteiger partial charge on any atom is 0.255 e. The van der Waals surface area contributed by atoms with Crippen LogP contribution in [0.25, 0.3) is 0 Å². The van der Waals surface area contributed by atoms with Crippen LogP contribution in [-0.2, 0) is 4.79 Å². The second-order valence-electron chi connectivity index (χ2n) is 5.94. The Morgan fingerprint density at radius 1 is 1.36 bits per heavy atom. The fourth-order valence-electron chi connectivity index (χ4n) is 2.20. The van der Waals surface area contributed by atoms with Gasteiger partial charge >= 0.3 is 0 Å². The fraction of sp³-hybridized carbons (Fsp3) is 0.562. The number of carbonyl (C=O) groups is 1. The van der Waals surface area contributed by atoms with Gasteiger partial charge in [-0.1, -0.05) is 12.1 Å². The van der Waals surface area contributed by atoms with Crippen LogP contribution in [0.4, 0.5) is 0 Å². The number of fused-ring (bicyclic) bond motifs is 1. The molecule has 1 heterocycles. The van der Waals surface area contributed by atoms with Crippen LogP contribution in [-0.4, -0.2) is 48.5 Å². The first kappa shape index (κ1) is 16.6. The molecule has 0 unspecified atom stereocenters. The second kappa shape index (κ2) is 7.47. The van der Waals surface area contributed by atoms with Gasteiger partial charge in [0.25, 0.3) is 5.91 Å². The largest absolute Gasteiger partial charge is 0.486 e. The van der Waals surface area contributed by atoms with E-state index in [9.17, 15) is 9.90 Å². The molecule has 0 aliphatic carbocycles. The maximum atomic E-state index is 12.0. The SMILES string of the molecule is CC(C)[NH2+]C[C@@H](O)C(=O)N[C@H](C)[C@@H]1COc2ccccc2O1. The summed E-state index contributed by atoms with van der Waals surface area (Å²) in [5.41, 5.74) is 0. The zero-order valence-corrected chi connectivity index (χ0v) is 13.3. The van der Waals surface area contributed by atoms with Gasteiger partial charge in [-0.25, -0.2) is 0 Å². The molecule has 3 atom stereocenters. The number of carbonyl (C=O) groups excluding carboxylic acids is 1. The minimum Gasteiger partial charge on any atom is -0.486 e. The average molecular weight is 309 g/mol. The summed E-state index contributed by atoms with van der Waals surface area (Å²) in [6.45, 7) is 6.59. The van der Waals surface area contributed by atoms with E-state index in [1.54, 1.807) is 0 Å². The number of ether oxygens (including phenoxy) is 2. The molecule has 1 aromatic rings. The van der Waals surface area contributed by atoms with Crippen molar-refractivity contribution in [3.8, 4) is 11.5 Å². The summed E-state index contributed by atoms with van der Waals surface area (Å²) in [5, 5.41) is 14.6. The summed E-state index contributed by atoms with van der Waals surface area (Å²) in [4.78, 5) is 12.0. The van der Waals surface area contributed by atoms with Crippen LogP contribution in [0.15, 0.2) is 24.3 Å². The van der Waals surface area contributed by atoms with Crippen LogP contribution in [0, 0.1) is 0 Å². The standard InChI is InChI=1S/C16H24N2O4/c1-10(2)17-8-12(19)16(20)18-11(3)15-9-21-13-6-4-5-7-14(13)22-15/h4-7,10-12,15,17,19H,8-9H2,1-3H3,(H,18,20)/p+1/t11-,12-,15+/m1/s1. The maximum absolute atomic E-state index is 12.0. The van der Waals surface area contributed by atoms with E-state index < -0.39 is 6.10 Å². The minimum absolute atomic E-state index is 0.255. The quantitative estimate of drug-likeness (QED) is 0.671. The van der Waals surface area contributed by atoms with Crippen molar-refractivity contribution in [1.29, 1.82) is 0 Å². The molecule has 0 aromatic heterocycles. The summed E-state index contributed by atoms with van der Waals surface area (Å²) in [6.07, 6.45) is -1.30. The summed E-state index contributed by atoms with van der Waals surface area (Å²) < 4.78 is 11.5. The van der Waals surface area contributed by atoms with Crippen molar-refractivity contribution in [2.75, 3.05) is 13.2 Å². The van der Waals surface area contributed by atoms with Crippen molar-refractivity contribution in [2.45, 2.75) is 45.1 Å². The van der Waals surface area contributed by atoms with Gasteiger partial charge in [0, 0.05) is 0 Å². The van der Waals surface area contributed by atoms with Gasteiger partial charge in [-0.05, 0) is 32.9 Å². The van der Waals surface area contributed by atoms with Gasteiger partial charge in [-0.2, -0.15) is 0 Å². The highest BCUT2D eigenvalue weighted by atomic mass is 16.6. The third-order valence-corrected chi connectivity index (χ3v) is 3.59. The summed E-state index contributed by atoms with van der Waals surface area (Å²) in [5.74, 6) is 1.00. The van der Waals surface area contributed by atoms with Gasteiger partial charge in [0.15, 0.2) is 23.7 Å². The Morgan fingerprint density at radius 2 is 2.05 bits per heavy atom. The van der Waals surface area contributed by atoms with Crippen molar-refractivity contribution in [3.05, 3.63) is 24.3 Å². The van der Waals surface area contributed by atoms with E-state index in [4.69, 9.17) is 9.47 Å². The smallest absolute Gasteiger partial charge is 0.255 e. The van der Waals surface area contributed by atoms with E-state index in [1.165, 1.54) is 0 Å². The number of nitrogens with two attached hydrogens (primary N) is 1. The molecule has 1 aliphatic heterocycles. The summed E-state index contributed by atoms with van der Waals surface area (Å²) in [6, 6.07) is 7.53. The van der Waals surface area contributed by atoms with E-state index in [0.717, 1.165) is 0 Å². The molecule has 1 aromatic carbocycles. The third kappa shape index (κ3) is 4.35. The summed E-state index contributed by atoms with van der Waals surface area (Å²) in [7, 11) is 0. The predicted octanol–water partition coefficient (Wildman–Crippen LogP) is -0.336. The molecule has 0 saturated heterocycles. The molecule has 4 N–H and O–H groups in total. The van der Waals surface area contributed by atoms with Gasteiger partial charge in [-0.15, -0.1) is 0 Å². The average Bonchev–Trinajstić information content (AvgIpc) is 2.51. The second-order valence-corrected chi connectivity index (χ2v) is 5.94. The van der Waals surface area contributed by atoms with E-state index >= 15 is 0 Å². The number of benzene rings is 1. The Bertz CT molecular complexity index is 507. The number of aliphatic hydroxyl groups is 1. The minimum atomic E-state index is -1.03. The van der Waals surface area contributed by atoms with Gasteiger partial charge in [-0.3, -0.25) is 4.79 Å². The Labute approximate surface area is 130 Å². The van der Waals surface area contributed by atoms with Crippen LogP contribution in [0.2, 0.25) is 0 Å². The molecule has 6 nitrogen and oxygen atoms in total. The van der Waals surface area contributed by atoms with Crippen molar-refractivity contribution in [3.63, 3.8) is 0 Å². The third-order valence-electron chi connectivity index (χ3n) is 3.59. The van der Waals surface area contributed by atoms with E-state index in [-0.39, 0.29) is 18.1 Å². The number of para-hydroxylation sites is 2. The van der Waals surface area contributed by atoms with Crippen LogP contribution in [0.3, 0.4) is 0 Å². The van der Waals surface area contributed by atoms with E-state index in [1.807, 2.05) is 50.4 Å².